The Morgan fingerprint density at radius 1 is 0.981 bits per heavy atom. The van der Waals surface area contributed by atoms with Crippen molar-refractivity contribution in [2.24, 2.45) is 0 Å². The van der Waals surface area contributed by atoms with Gasteiger partial charge in [0.2, 0.25) is 5.88 Å². The van der Waals surface area contributed by atoms with E-state index in [4.69, 9.17) is 9.47 Å². The van der Waals surface area contributed by atoms with E-state index in [0.29, 0.717) is 51.2 Å². The Balaban J connectivity index is 1.05. The van der Waals surface area contributed by atoms with E-state index in [2.05, 4.69) is 30.2 Å². The molecule has 3 heterocycles. The second kappa shape index (κ2) is 16.7. The van der Waals surface area contributed by atoms with Crippen LogP contribution in [0.2, 0.25) is 0 Å². The number of phenolic OH excluding ortho intramolecular Hbond substituents is 1. The number of thiazole rings is 1. The Kier molecular flexibility index (Phi) is 11.8. The van der Waals surface area contributed by atoms with Crippen LogP contribution in [0, 0.1) is 5.82 Å². The molecule has 0 spiro atoms. The number of nitrogens with one attached hydrogen (secondary N) is 2. The summed E-state index contributed by atoms with van der Waals surface area (Å²) in [7, 11) is 0. The van der Waals surface area contributed by atoms with E-state index < -0.39 is 36.4 Å². The Hall–Kier alpha value is -5.13. The first-order valence-corrected chi connectivity index (χ1v) is 17.6. The summed E-state index contributed by atoms with van der Waals surface area (Å²) in [5.74, 6) is -3.74. The van der Waals surface area contributed by atoms with Gasteiger partial charge in [0.1, 0.15) is 40.2 Å². The molecule has 1 aliphatic carbocycles. The number of carbonyl (C=O) groups is 3. The average Bonchev–Trinajstić information content (AvgIpc) is 3.62. The lowest BCUT2D eigenvalue weighted by Gasteiger charge is -2.29. The minimum atomic E-state index is -5.13. The topological polar surface area (TPSA) is 152 Å². The number of alkyl halides is 3. The van der Waals surface area contributed by atoms with Crippen molar-refractivity contribution in [3.8, 4) is 28.5 Å². The summed E-state index contributed by atoms with van der Waals surface area (Å²) in [6.45, 7) is 2.72. The molecular formula is C36H35F4N5O7S. The molecule has 4 aromatic rings. The second-order valence-electron chi connectivity index (χ2n) is 12.6. The summed E-state index contributed by atoms with van der Waals surface area (Å²) in [5, 5.41) is 17.4. The third kappa shape index (κ3) is 10.1. The first kappa shape index (κ1) is 37.6. The standard InChI is InChI=1S/C36H35F4N5O7S/c37-23-16-29(32(47)42-24-4-6-25(7-5-24)43-33(48)30-20-53-31(44-30)19-51-35(49)36(38,39)40)34(41-17-23)52-27-3-1-2-21(15-27)28-9-8-26(46)14-22(28)18-45-10-12-50-13-11-45/h1-3,8-9,14-17,20,24-25,46H,4-7,10-13,18-19H2,(H,42,47)(H,43,48). The van der Waals surface area contributed by atoms with E-state index in [9.17, 15) is 37.1 Å². The molecule has 2 aliphatic rings. The fourth-order valence-corrected chi connectivity index (χ4v) is 6.78. The number of phenols is 1. The zero-order valence-electron chi connectivity index (χ0n) is 28.2. The molecular weight excluding hydrogens is 722 g/mol. The lowest BCUT2D eigenvalue weighted by molar-refractivity contribution is -0.201. The van der Waals surface area contributed by atoms with Crippen molar-refractivity contribution in [1.29, 1.82) is 0 Å². The SMILES string of the molecule is O=C(NC1CCC(NC(=O)c2cc(F)cnc2Oc2cccc(-c3ccc(O)cc3CN3CCOCC3)c2)CC1)c1csc(COC(=O)C(F)(F)F)n1. The van der Waals surface area contributed by atoms with Gasteiger partial charge in [0.25, 0.3) is 11.8 Å². The zero-order chi connectivity index (χ0) is 37.5. The number of halogens is 4. The normalized spacial score (nSPS) is 17.9. The number of pyridine rings is 1. The van der Waals surface area contributed by atoms with E-state index in [-0.39, 0.29) is 40.0 Å². The van der Waals surface area contributed by atoms with E-state index in [0.717, 1.165) is 53.4 Å². The van der Waals surface area contributed by atoms with Crippen molar-refractivity contribution in [3.05, 3.63) is 87.8 Å². The van der Waals surface area contributed by atoms with Crippen LogP contribution in [-0.4, -0.2) is 82.3 Å². The summed E-state index contributed by atoms with van der Waals surface area (Å²) in [6, 6.07) is 12.9. The van der Waals surface area contributed by atoms with Crippen molar-refractivity contribution < 1.29 is 51.3 Å². The highest BCUT2D eigenvalue weighted by molar-refractivity contribution is 7.09. The van der Waals surface area contributed by atoms with Gasteiger partial charge in [-0.15, -0.1) is 11.3 Å². The van der Waals surface area contributed by atoms with E-state index in [1.54, 1.807) is 30.3 Å². The summed E-state index contributed by atoms with van der Waals surface area (Å²) in [5.41, 5.74) is 2.51. The molecule has 1 saturated carbocycles. The number of morpholine rings is 1. The zero-order valence-corrected chi connectivity index (χ0v) is 29.0. The monoisotopic (exact) mass is 757 g/mol. The molecule has 0 atom stereocenters. The Morgan fingerprint density at radius 2 is 1.70 bits per heavy atom. The molecule has 17 heteroatoms. The maximum absolute atomic E-state index is 14.4. The predicted molar refractivity (Wildman–Crippen MR) is 183 cm³/mol. The highest BCUT2D eigenvalue weighted by Gasteiger charge is 2.41. The van der Waals surface area contributed by atoms with E-state index in [1.165, 1.54) is 5.38 Å². The summed E-state index contributed by atoms with van der Waals surface area (Å²) < 4.78 is 67.2. The fraction of sp³-hybridized carbons (Fsp3) is 0.361. The Labute approximate surface area is 305 Å². The smallest absolute Gasteiger partial charge is 0.490 e. The van der Waals surface area contributed by atoms with Crippen molar-refractivity contribution >= 4 is 29.1 Å². The number of aromatic nitrogens is 2. The van der Waals surface area contributed by atoms with Gasteiger partial charge in [0.15, 0.2) is 0 Å². The maximum Gasteiger partial charge on any atom is 0.490 e. The number of rotatable bonds is 11. The van der Waals surface area contributed by atoms with Crippen LogP contribution in [0.1, 0.15) is 57.1 Å². The number of nitrogens with zero attached hydrogens (tertiary/aromatic N) is 3. The average molecular weight is 758 g/mol. The van der Waals surface area contributed by atoms with Crippen molar-refractivity contribution in [2.45, 2.75) is 57.1 Å². The van der Waals surface area contributed by atoms with Gasteiger partial charge in [-0.25, -0.2) is 19.2 Å². The maximum atomic E-state index is 14.4. The third-order valence-electron chi connectivity index (χ3n) is 8.75. The van der Waals surface area contributed by atoms with Gasteiger partial charge in [-0.05, 0) is 72.7 Å². The van der Waals surface area contributed by atoms with Crippen molar-refractivity contribution in [3.63, 3.8) is 0 Å². The molecule has 0 unspecified atom stereocenters. The Morgan fingerprint density at radius 3 is 2.42 bits per heavy atom. The lowest BCUT2D eigenvalue weighted by atomic mass is 9.91. The molecule has 2 fully saturated rings. The van der Waals surface area contributed by atoms with Gasteiger partial charge in [0.05, 0.1) is 19.4 Å². The highest BCUT2D eigenvalue weighted by Crippen LogP contribution is 2.33. The number of hydrogen-bond donors (Lipinski definition) is 3. The molecule has 3 N–H and O–H groups in total. The number of aromatic hydroxyl groups is 1. The van der Waals surface area contributed by atoms with Gasteiger partial charge < -0.3 is 30.0 Å². The van der Waals surface area contributed by atoms with Gasteiger partial charge in [-0.2, -0.15) is 13.2 Å². The third-order valence-corrected chi connectivity index (χ3v) is 9.57. The van der Waals surface area contributed by atoms with Gasteiger partial charge >= 0.3 is 12.1 Å². The van der Waals surface area contributed by atoms with Crippen LogP contribution >= 0.6 is 11.3 Å². The first-order valence-electron chi connectivity index (χ1n) is 16.8. The highest BCUT2D eigenvalue weighted by atomic mass is 32.1. The number of amides is 2. The number of carbonyl (C=O) groups excluding carboxylic acids is 3. The molecule has 0 bridgehead atoms. The summed E-state index contributed by atoms with van der Waals surface area (Å²) >= 11 is 0.887. The number of ether oxygens (including phenoxy) is 3. The van der Waals surface area contributed by atoms with Crippen LogP contribution < -0.4 is 15.4 Å². The lowest BCUT2D eigenvalue weighted by Crippen LogP contribution is -2.44. The number of benzene rings is 2. The molecule has 53 heavy (non-hydrogen) atoms. The molecule has 1 saturated heterocycles. The van der Waals surface area contributed by atoms with Gasteiger partial charge in [-0.1, -0.05) is 18.2 Å². The summed E-state index contributed by atoms with van der Waals surface area (Å²) in [4.78, 5) is 47.3. The number of hydrogen-bond acceptors (Lipinski definition) is 11. The molecule has 6 rings (SSSR count). The van der Waals surface area contributed by atoms with Gasteiger partial charge in [0, 0.05) is 37.1 Å². The predicted octanol–water partition coefficient (Wildman–Crippen LogP) is 5.75. The van der Waals surface area contributed by atoms with Crippen LogP contribution in [-0.2, 0) is 27.4 Å². The summed E-state index contributed by atoms with van der Waals surface area (Å²) in [6.07, 6.45) is -2.18. The second-order valence-corrected chi connectivity index (χ2v) is 13.5. The van der Waals surface area contributed by atoms with Gasteiger partial charge in [-0.3, -0.25) is 14.5 Å². The molecule has 0 radical (unpaired) electrons. The minimum Gasteiger partial charge on any atom is -0.508 e. The fourth-order valence-electron chi connectivity index (χ4n) is 6.10. The van der Waals surface area contributed by atoms with Crippen LogP contribution in [0.15, 0.2) is 60.1 Å². The molecule has 2 amide bonds. The minimum absolute atomic E-state index is 0.0170. The van der Waals surface area contributed by atoms with Crippen LogP contribution in [0.4, 0.5) is 17.6 Å². The van der Waals surface area contributed by atoms with Crippen LogP contribution in [0.25, 0.3) is 11.1 Å². The molecule has 2 aromatic carbocycles. The van der Waals surface area contributed by atoms with Crippen LogP contribution in [0.3, 0.4) is 0 Å². The molecule has 1 aliphatic heterocycles. The quantitative estimate of drug-likeness (QED) is 0.127. The largest absolute Gasteiger partial charge is 0.508 e. The van der Waals surface area contributed by atoms with Crippen molar-refractivity contribution in [1.82, 2.24) is 25.5 Å². The Bertz CT molecular complexity index is 1950. The number of esters is 1. The van der Waals surface area contributed by atoms with E-state index >= 15 is 0 Å². The van der Waals surface area contributed by atoms with Crippen molar-refractivity contribution in [2.75, 3.05) is 26.3 Å². The molecule has 12 nitrogen and oxygen atoms in total. The van der Waals surface area contributed by atoms with Crippen LogP contribution in [0.5, 0.6) is 17.4 Å². The van der Waals surface area contributed by atoms with E-state index in [1.807, 2.05) is 12.1 Å². The first-order chi connectivity index (χ1) is 25.4. The molecule has 280 valence electrons. The molecule has 2 aromatic heterocycles.